The summed E-state index contributed by atoms with van der Waals surface area (Å²) in [6.45, 7) is 5.58. The van der Waals surface area contributed by atoms with Crippen LogP contribution in [0.15, 0.2) is 6.07 Å². The van der Waals surface area contributed by atoms with Crippen LogP contribution in [0.4, 0.5) is 0 Å². The van der Waals surface area contributed by atoms with Crippen molar-refractivity contribution in [2.45, 2.75) is 26.9 Å². The zero-order valence-electron chi connectivity index (χ0n) is 9.92. The van der Waals surface area contributed by atoms with Crippen LogP contribution in [0.3, 0.4) is 0 Å². The Labute approximate surface area is 90.6 Å². The molecule has 1 aromatic carbocycles. The number of aliphatic hydroxyl groups is 1. The van der Waals surface area contributed by atoms with Crippen LogP contribution in [-0.4, -0.2) is 19.3 Å². The summed E-state index contributed by atoms with van der Waals surface area (Å²) >= 11 is 0. The molecule has 1 N–H and O–H groups in total. The Morgan fingerprint density at radius 2 is 1.80 bits per heavy atom. The summed E-state index contributed by atoms with van der Waals surface area (Å²) in [6, 6.07) is 1.92. The first-order chi connectivity index (χ1) is 7.02. The van der Waals surface area contributed by atoms with E-state index in [4.69, 9.17) is 9.47 Å². The Hall–Kier alpha value is -1.22. The largest absolute Gasteiger partial charge is 0.496 e. The van der Waals surface area contributed by atoms with Gasteiger partial charge in [0.05, 0.1) is 20.3 Å². The second-order valence-corrected chi connectivity index (χ2v) is 3.64. The first-order valence-electron chi connectivity index (χ1n) is 4.93. The first kappa shape index (κ1) is 11.9. The molecule has 0 aliphatic carbocycles. The van der Waals surface area contributed by atoms with E-state index >= 15 is 0 Å². The Balaban J connectivity index is 3.48. The minimum Gasteiger partial charge on any atom is -0.496 e. The van der Waals surface area contributed by atoms with E-state index in [-0.39, 0.29) is 0 Å². The van der Waals surface area contributed by atoms with Gasteiger partial charge in [0.1, 0.15) is 11.5 Å². The average molecular weight is 210 g/mol. The SMILES string of the molecule is COc1cc(C)c(OC)c(C(C)O)c1C. The van der Waals surface area contributed by atoms with E-state index in [9.17, 15) is 5.11 Å². The van der Waals surface area contributed by atoms with Crippen molar-refractivity contribution in [1.82, 2.24) is 0 Å². The highest BCUT2D eigenvalue weighted by molar-refractivity contribution is 5.53. The molecule has 0 spiro atoms. The lowest BCUT2D eigenvalue weighted by atomic mass is 9.98. The number of rotatable bonds is 3. The smallest absolute Gasteiger partial charge is 0.128 e. The lowest BCUT2D eigenvalue weighted by molar-refractivity contribution is 0.192. The maximum absolute atomic E-state index is 9.73. The summed E-state index contributed by atoms with van der Waals surface area (Å²) in [5.74, 6) is 1.52. The van der Waals surface area contributed by atoms with Crippen LogP contribution in [-0.2, 0) is 0 Å². The van der Waals surface area contributed by atoms with Crippen LogP contribution in [0.25, 0.3) is 0 Å². The maximum Gasteiger partial charge on any atom is 0.128 e. The van der Waals surface area contributed by atoms with Gasteiger partial charge in [-0.3, -0.25) is 0 Å². The molecule has 3 nitrogen and oxygen atoms in total. The summed E-state index contributed by atoms with van der Waals surface area (Å²) in [7, 11) is 3.24. The Morgan fingerprint density at radius 1 is 1.20 bits per heavy atom. The number of ether oxygens (including phenoxy) is 2. The second-order valence-electron chi connectivity index (χ2n) is 3.64. The molecule has 0 heterocycles. The van der Waals surface area contributed by atoms with Crippen LogP contribution in [0, 0.1) is 13.8 Å². The van der Waals surface area contributed by atoms with E-state index in [0.717, 1.165) is 28.2 Å². The molecule has 0 saturated heterocycles. The molecule has 0 aliphatic rings. The number of hydrogen-bond donors (Lipinski definition) is 1. The molecule has 0 bridgehead atoms. The summed E-state index contributed by atoms with van der Waals surface area (Å²) in [5, 5.41) is 9.73. The molecule has 1 atom stereocenters. The molecular formula is C12H18O3. The minimum absolute atomic E-state index is 0.561. The predicted octanol–water partition coefficient (Wildman–Crippen LogP) is 2.37. The van der Waals surface area contributed by atoms with Gasteiger partial charge in [-0.15, -0.1) is 0 Å². The summed E-state index contributed by atoms with van der Waals surface area (Å²) < 4.78 is 10.6. The zero-order chi connectivity index (χ0) is 11.6. The Kier molecular flexibility index (Phi) is 3.58. The Morgan fingerprint density at radius 3 is 2.20 bits per heavy atom. The molecule has 0 saturated carbocycles. The molecular weight excluding hydrogens is 192 g/mol. The highest BCUT2D eigenvalue weighted by Crippen LogP contribution is 2.37. The zero-order valence-corrected chi connectivity index (χ0v) is 9.92. The van der Waals surface area contributed by atoms with Gasteiger partial charge in [0.15, 0.2) is 0 Å². The van der Waals surface area contributed by atoms with Crippen LogP contribution >= 0.6 is 0 Å². The quantitative estimate of drug-likeness (QED) is 0.832. The lowest BCUT2D eigenvalue weighted by Gasteiger charge is -2.19. The topological polar surface area (TPSA) is 38.7 Å². The normalized spacial score (nSPS) is 12.4. The van der Waals surface area contributed by atoms with Gasteiger partial charge >= 0.3 is 0 Å². The van der Waals surface area contributed by atoms with Crippen molar-refractivity contribution < 1.29 is 14.6 Å². The molecule has 1 aromatic rings. The van der Waals surface area contributed by atoms with E-state index in [2.05, 4.69) is 0 Å². The molecule has 84 valence electrons. The fourth-order valence-corrected chi connectivity index (χ4v) is 1.87. The summed E-state index contributed by atoms with van der Waals surface area (Å²) in [6.07, 6.45) is -0.561. The van der Waals surface area contributed by atoms with Crippen molar-refractivity contribution in [1.29, 1.82) is 0 Å². The predicted molar refractivity (Wildman–Crippen MR) is 59.7 cm³/mol. The van der Waals surface area contributed by atoms with Gasteiger partial charge in [0, 0.05) is 11.1 Å². The third-order valence-corrected chi connectivity index (χ3v) is 2.57. The molecule has 0 radical (unpaired) electrons. The van der Waals surface area contributed by atoms with Gasteiger partial charge < -0.3 is 14.6 Å². The van der Waals surface area contributed by atoms with Crippen molar-refractivity contribution in [2.75, 3.05) is 14.2 Å². The number of benzene rings is 1. The first-order valence-corrected chi connectivity index (χ1v) is 4.93. The van der Waals surface area contributed by atoms with Crippen molar-refractivity contribution in [3.63, 3.8) is 0 Å². The van der Waals surface area contributed by atoms with Crippen molar-refractivity contribution >= 4 is 0 Å². The molecule has 0 aliphatic heterocycles. The number of hydrogen-bond acceptors (Lipinski definition) is 3. The van der Waals surface area contributed by atoms with E-state index in [1.54, 1.807) is 21.1 Å². The number of aliphatic hydroxyl groups excluding tert-OH is 1. The summed E-state index contributed by atoms with van der Waals surface area (Å²) in [5.41, 5.74) is 2.69. The number of methoxy groups -OCH3 is 2. The van der Waals surface area contributed by atoms with Gasteiger partial charge in [-0.2, -0.15) is 0 Å². The molecule has 0 amide bonds. The fraction of sp³-hybridized carbons (Fsp3) is 0.500. The van der Waals surface area contributed by atoms with E-state index in [0.29, 0.717) is 0 Å². The third-order valence-electron chi connectivity index (χ3n) is 2.57. The average Bonchev–Trinajstić information content (AvgIpc) is 2.19. The van der Waals surface area contributed by atoms with Crippen LogP contribution in [0.5, 0.6) is 11.5 Å². The highest BCUT2D eigenvalue weighted by Gasteiger charge is 2.17. The molecule has 0 aromatic heterocycles. The van der Waals surface area contributed by atoms with Crippen LogP contribution in [0.2, 0.25) is 0 Å². The van der Waals surface area contributed by atoms with Gasteiger partial charge in [-0.1, -0.05) is 0 Å². The van der Waals surface area contributed by atoms with Crippen molar-refractivity contribution in [3.05, 3.63) is 22.8 Å². The molecule has 0 fully saturated rings. The standard InChI is InChI=1S/C12H18O3/c1-7-6-10(14-4)8(2)11(9(3)13)12(7)15-5/h6,9,13H,1-5H3. The molecule has 15 heavy (non-hydrogen) atoms. The molecule has 1 rings (SSSR count). The summed E-state index contributed by atoms with van der Waals surface area (Å²) in [4.78, 5) is 0. The fourth-order valence-electron chi connectivity index (χ4n) is 1.87. The van der Waals surface area contributed by atoms with E-state index < -0.39 is 6.10 Å². The maximum atomic E-state index is 9.73. The lowest BCUT2D eigenvalue weighted by Crippen LogP contribution is -2.03. The van der Waals surface area contributed by atoms with E-state index in [1.165, 1.54) is 0 Å². The van der Waals surface area contributed by atoms with Crippen LogP contribution in [0.1, 0.15) is 29.7 Å². The van der Waals surface area contributed by atoms with Gasteiger partial charge in [0.25, 0.3) is 0 Å². The molecule has 3 heteroatoms. The third kappa shape index (κ3) is 2.07. The van der Waals surface area contributed by atoms with Gasteiger partial charge in [-0.05, 0) is 32.4 Å². The van der Waals surface area contributed by atoms with Crippen molar-refractivity contribution in [2.24, 2.45) is 0 Å². The monoisotopic (exact) mass is 210 g/mol. The minimum atomic E-state index is -0.561. The van der Waals surface area contributed by atoms with Gasteiger partial charge in [-0.25, -0.2) is 0 Å². The number of aryl methyl sites for hydroxylation is 1. The second kappa shape index (κ2) is 4.53. The van der Waals surface area contributed by atoms with Gasteiger partial charge in [0.2, 0.25) is 0 Å². The highest BCUT2D eigenvalue weighted by atomic mass is 16.5. The molecule has 1 unspecified atom stereocenters. The Bertz CT molecular complexity index is 356. The van der Waals surface area contributed by atoms with Crippen molar-refractivity contribution in [3.8, 4) is 11.5 Å². The van der Waals surface area contributed by atoms with E-state index in [1.807, 2.05) is 19.9 Å². The van der Waals surface area contributed by atoms with Crippen LogP contribution < -0.4 is 9.47 Å².